The molecule has 1 aliphatic heterocycles. The van der Waals surface area contributed by atoms with Crippen molar-refractivity contribution in [3.63, 3.8) is 0 Å². The highest BCUT2D eigenvalue weighted by atomic mass is 19.1. The summed E-state index contributed by atoms with van der Waals surface area (Å²) in [6.07, 6.45) is 3.47. The van der Waals surface area contributed by atoms with Crippen LogP contribution in [-0.2, 0) is 0 Å². The van der Waals surface area contributed by atoms with Crippen LogP contribution in [0, 0.1) is 5.41 Å². The molecule has 1 aliphatic rings. The number of hydrogen-bond donors (Lipinski definition) is 0. The van der Waals surface area contributed by atoms with Gasteiger partial charge in [-0.3, -0.25) is 0 Å². The molecule has 0 spiro atoms. The number of likely N-dealkylation sites (tertiary alicyclic amines) is 1. The molecule has 0 aliphatic carbocycles. The Hall–Kier alpha value is -0.110. The van der Waals surface area contributed by atoms with Crippen molar-refractivity contribution in [1.29, 1.82) is 0 Å². The highest BCUT2D eigenvalue weighted by Crippen LogP contribution is 2.21. The SMILES string of the molecule is CC.CC(C)(C)CCCN1CCC(F)CC1. The minimum absolute atomic E-state index is 0.443. The van der Waals surface area contributed by atoms with E-state index >= 15 is 0 Å². The second-order valence-electron chi connectivity index (χ2n) is 5.68. The Morgan fingerprint density at radius 1 is 1.12 bits per heavy atom. The van der Waals surface area contributed by atoms with Crippen molar-refractivity contribution in [1.82, 2.24) is 4.90 Å². The summed E-state index contributed by atoms with van der Waals surface area (Å²) in [7, 11) is 0. The van der Waals surface area contributed by atoms with Crippen molar-refractivity contribution < 1.29 is 4.39 Å². The van der Waals surface area contributed by atoms with Gasteiger partial charge in [0.15, 0.2) is 0 Å². The zero-order valence-corrected chi connectivity index (χ0v) is 11.9. The highest BCUT2D eigenvalue weighted by Gasteiger charge is 2.18. The van der Waals surface area contributed by atoms with Crippen molar-refractivity contribution in [3.8, 4) is 0 Å². The number of piperidine rings is 1. The van der Waals surface area contributed by atoms with Gasteiger partial charge in [0.1, 0.15) is 6.17 Å². The first kappa shape index (κ1) is 15.9. The normalized spacial score (nSPS) is 19.1. The standard InChI is InChI=1S/C12H24FN.C2H6/c1-12(2,3)7-4-8-14-9-5-11(13)6-10-14;1-2/h11H,4-10H2,1-3H3;1-2H3. The molecule has 0 saturated carbocycles. The molecule has 0 bridgehead atoms. The maximum Gasteiger partial charge on any atom is 0.103 e. The van der Waals surface area contributed by atoms with E-state index in [-0.39, 0.29) is 0 Å². The maximum atomic E-state index is 12.8. The van der Waals surface area contributed by atoms with Gasteiger partial charge in [-0.25, -0.2) is 4.39 Å². The van der Waals surface area contributed by atoms with E-state index in [1.807, 2.05) is 13.8 Å². The number of hydrogen-bond acceptors (Lipinski definition) is 1. The lowest BCUT2D eigenvalue weighted by molar-refractivity contribution is 0.145. The molecule has 1 rings (SSSR count). The van der Waals surface area contributed by atoms with E-state index in [2.05, 4.69) is 25.7 Å². The van der Waals surface area contributed by atoms with Crippen molar-refractivity contribution in [2.75, 3.05) is 19.6 Å². The van der Waals surface area contributed by atoms with Crippen LogP contribution in [0.2, 0.25) is 0 Å². The lowest BCUT2D eigenvalue weighted by Gasteiger charge is -2.29. The molecule has 1 fully saturated rings. The van der Waals surface area contributed by atoms with E-state index in [4.69, 9.17) is 0 Å². The number of rotatable bonds is 3. The Bertz CT molecular complexity index is 155. The average Bonchev–Trinajstić information content (AvgIpc) is 2.22. The van der Waals surface area contributed by atoms with Gasteiger partial charge in [0, 0.05) is 13.1 Å². The van der Waals surface area contributed by atoms with Crippen LogP contribution in [0.15, 0.2) is 0 Å². The molecule has 2 heteroatoms. The van der Waals surface area contributed by atoms with Crippen LogP contribution >= 0.6 is 0 Å². The molecule has 1 saturated heterocycles. The van der Waals surface area contributed by atoms with Gasteiger partial charge in [0.05, 0.1) is 0 Å². The Kier molecular flexibility index (Phi) is 8.00. The van der Waals surface area contributed by atoms with E-state index in [1.54, 1.807) is 0 Å². The molecule has 0 aromatic heterocycles. The third-order valence-electron chi connectivity index (χ3n) is 2.92. The summed E-state index contributed by atoms with van der Waals surface area (Å²) in [4.78, 5) is 2.40. The van der Waals surface area contributed by atoms with E-state index in [9.17, 15) is 4.39 Å². The maximum absolute atomic E-state index is 12.8. The van der Waals surface area contributed by atoms with Crippen molar-refractivity contribution in [2.45, 2.75) is 66.5 Å². The molecule has 0 radical (unpaired) electrons. The lowest BCUT2D eigenvalue weighted by atomic mass is 9.90. The Morgan fingerprint density at radius 3 is 2.06 bits per heavy atom. The molecule has 16 heavy (non-hydrogen) atoms. The third-order valence-corrected chi connectivity index (χ3v) is 2.92. The highest BCUT2D eigenvalue weighted by molar-refractivity contribution is 4.72. The van der Waals surface area contributed by atoms with Gasteiger partial charge in [-0.2, -0.15) is 0 Å². The van der Waals surface area contributed by atoms with Gasteiger partial charge in [-0.1, -0.05) is 34.6 Å². The van der Waals surface area contributed by atoms with Gasteiger partial charge in [-0.15, -0.1) is 0 Å². The van der Waals surface area contributed by atoms with Crippen molar-refractivity contribution in [2.24, 2.45) is 5.41 Å². The number of halogens is 1. The smallest absolute Gasteiger partial charge is 0.103 e. The average molecular weight is 231 g/mol. The minimum Gasteiger partial charge on any atom is -0.303 e. The molecule has 0 amide bonds. The van der Waals surface area contributed by atoms with Crippen LogP contribution in [0.4, 0.5) is 4.39 Å². The summed E-state index contributed by atoms with van der Waals surface area (Å²) in [6, 6.07) is 0. The van der Waals surface area contributed by atoms with Gasteiger partial charge in [0.2, 0.25) is 0 Å². The van der Waals surface area contributed by atoms with E-state index in [0.29, 0.717) is 5.41 Å². The molecular weight excluding hydrogens is 201 g/mol. The van der Waals surface area contributed by atoms with Gasteiger partial charge in [-0.05, 0) is 37.6 Å². The first-order chi connectivity index (χ1) is 7.47. The summed E-state index contributed by atoms with van der Waals surface area (Å²) < 4.78 is 12.8. The second kappa shape index (κ2) is 8.05. The third kappa shape index (κ3) is 8.09. The van der Waals surface area contributed by atoms with Crippen LogP contribution in [0.1, 0.15) is 60.3 Å². The first-order valence-corrected chi connectivity index (χ1v) is 6.84. The summed E-state index contributed by atoms with van der Waals surface area (Å²) in [5.74, 6) is 0. The van der Waals surface area contributed by atoms with E-state index in [0.717, 1.165) is 32.5 Å². The fraction of sp³-hybridized carbons (Fsp3) is 1.00. The topological polar surface area (TPSA) is 3.24 Å². The molecule has 1 heterocycles. The predicted octanol–water partition coefficient (Wildman–Crippen LogP) is 4.27. The van der Waals surface area contributed by atoms with Crippen molar-refractivity contribution in [3.05, 3.63) is 0 Å². The zero-order chi connectivity index (χ0) is 12.6. The predicted molar refractivity (Wildman–Crippen MR) is 70.6 cm³/mol. The quantitative estimate of drug-likeness (QED) is 0.701. The van der Waals surface area contributed by atoms with E-state index in [1.165, 1.54) is 12.8 Å². The molecule has 98 valence electrons. The Balaban J connectivity index is 0.00000106. The summed E-state index contributed by atoms with van der Waals surface area (Å²) in [5, 5.41) is 0. The first-order valence-electron chi connectivity index (χ1n) is 6.84. The van der Waals surface area contributed by atoms with Gasteiger partial charge >= 0.3 is 0 Å². The molecule has 0 aromatic carbocycles. The van der Waals surface area contributed by atoms with Crippen molar-refractivity contribution >= 4 is 0 Å². The second-order valence-corrected chi connectivity index (χ2v) is 5.68. The summed E-state index contributed by atoms with van der Waals surface area (Å²) >= 11 is 0. The zero-order valence-electron chi connectivity index (χ0n) is 11.9. The van der Waals surface area contributed by atoms with Crippen LogP contribution < -0.4 is 0 Å². The van der Waals surface area contributed by atoms with E-state index < -0.39 is 6.17 Å². The fourth-order valence-electron chi connectivity index (χ4n) is 1.96. The fourth-order valence-corrected chi connectivity index (χ4v) is 1.96. The Labute approximate surface area is 101 Å². The number of nitrogens with zero attached hydrogens (tertiary/aromatic N) is 1. The van der Waals surface area contributed by atoms with Crippen LogP contribution in [-0.4, -0.2) is 30.7 Å². The molecular formula is C14H30FN. The number of alkyl halides is 1. The lowest BCUT2D eigenvalue weighted by Crippen LogP contribution is -2.35. The summed E-state index contributed by atoms with van der Waals surface area (Å²) in [5.41, 5.74) is 0.443. The van der Waals surface area contributed by atoms with Gasteiger partial charge < -0.3 is 4.90 Å². The molecule has 0 unspecified atom stereocenters. The summed E-state index contributed by atoms with van der Waals surface area (Å²) in [6.45, 7) is 13.9. The Morgan fingerprint density at radius 2 is 1.62 bits per heavy atom. The molecule has 0 aromatic rings. The van der Waals surface area contributed by atoms with Crippen LogP contribution in [0.3, 0.4) is 0 Å². The monoisotopic (exact) mass is 231 g/mol. The van der Waals surface area contributed by atoms with Crippen LogP contribution in [0.25, 0.3) is 0 Å². The largest absolute Gasteiger partial charge is 0.303 e. The van der Waals surface area contributed by atoms with Gasteiger partial charge in [0.25, 0.3) is 0 Å². The molecule has 0 atom stereocenters. The van der Waals surface area contributed by atoms with Crippen LogP contribution in [0.5, 0.6) is 0 Å². The molecule has 0 N–H and O–H groups in total. The minimum atomic E-state index is -0.533. The molecule has 1 nitrogen and oxygen atoms in total.